The number of hydrogen-bond acceptors (Lipinski definition) is 3. The van der Waals surface area contributed by atoms with Gasteiger partial charge >= 0.3 is 6.03 Å². The smallest absolute Gasteiger partial charge is 0.318 e. The first-order chi connectivity index (χ1) is 10.2. The number of aryl methyl sites for hydroxylation is 1. The number of nitrogens with one attached hydrogen (secondary N) is 3. The summed E-state index contributed by atoms with van der Waals surface area (Å²) in [6.45, 7) is 3.80. The van der Waals surface area contributed by atoms with E-state index in [0.717, 1.165) is 30.2 Å². The number of amides is 2. The van der Waals surface area contributed by atoms with Crippen molar-refractivity contribution in [3.63, 3.8) is 0 Å². The second-order valence-corrected chi connectivity index (χ2v) is 4.67. The predicted molar refractivity (Wildman–Crippen MR) is 84.4 cm³/mol. The molecule has 0 unspecified atom stereocenters. The van der Waals surface area contributed by atoms with Gasteiger partial charge in [-0.05, 0) is 30.7 Å². The minimum atomic E-state index is -0.225. The number of aromatic nitrogens is 2. The molecule has 1 heterocycles. The van der Waals surface area contributed by atoms with E-state index in [0.29, 0.717) is 6.54 Å². The summed E-state index contributed by atoms with van der Waals surface area (Å²) in [5, 5.41) is 8.56. The van der Waals surface area contributed by atoms with Crippen LogP contribution in [-0.4, -0.2) is 22.6 Å². The van der Waals surface area contributed by atoms with E-state index >= 15 is 0 Å². The predicted octanol–water partition coefficient (Wildman–Crippen LogP) is 2.66. The molecule has 0 fully saturated rings. The normalized spacial score (nSPS) is 10.2. The van der Waals surface area contributed by atoms with E-state index in [1.54, 1.807) is 7.05 Å². The maximum Gasteiger partial charge on any atom is 0.318 e. The lowest BCUT2D eigenvalue weighted by Gasteiger charge is -2.10. The Morgan fingerprint density at radius 2 is 1.95 bits per heavy atom. The van der Waals surface area contributed by atoms with Crippen LogP contribution in [0.5, 0.6) is 0 Å². The molecule has 112 valence electrons. The molecular formula is C15H21N5O. The zero-order valence-corrected chi connectivity index (χ0v) is 12.4. The highest BCUT2D eigenvalue weighted by Crippen LogP contribution is 2.14. The van der Waals surface area contributed by atoms with Crippen molar-refractivity contribution in [2.45, 2.75) is 26.4 Å². The lowest BCUT2D eigenvalue weighted by molar-refractivity contribution is 0.254. The number of carbonyl (C=O) groups excluding carboxylic acids is 1. The number of imidazole rings is 1. The molecule has 21 heavy (non-hydrogen) atoms. The largest absolute Gasteiger partial charge is 0.378 e. The van der Waals surface area contributed by atoms with Crippen molar-refractivity contribution < 1.29 is 4.79 Å². The molecule has 2 aromatic rings. The fourth-order valence-corrected chi connectivity index (χ4v) is 2.00. The third kappa shape index (κ3) is 4.24. The lowest BCUT2D eigenvalue weighted by atomic mass is 10.3. The van der Waals surface area contributed by atoms with E-state index in [1.807, 2.05) is 36.7 Å². The van der Waals surface area contributed by atoms with E-state index in [-0.39, 0.29) is 6.03 Å². The van der Waals surface area contributed by atoms with Gasteiger partial charge in [-0.3, -0.25) is 0 Å². The van der Waals surface area contributed by atoms with Crippen LogP contribution in [0.4, 0.5) is 16.2 Å². The van der Waals surface area contributed by atoms with Crippen LogP contribution in [0.15, 0.2) is 36.7 Å². The summed E-state index contributed by atoms with van der Waals surface area (Å²) in [5.41, 5.74) is 1.75. The van der Waals surface area contributed by atoms with Gasteiger partial charge in [0, 0.05) is 37.4 Å². The van der Waals surface area contributed by atoms with Gasteiger partial charge < -0.3 is 20.5 Å². The first-order valence-electron chi connectivity index (χ1n) is 7.05. The van der Waals surface area contributed by atoms with E-state index in [2.05, 4.69) is 32.4 Å². The molecule has 0 saturated carbocycles. The highest BCUT2D eigenvalue weighted by molar-refractivity contribution is 5.89. The summed E-state index contributed by atoms with van der Waals surface area (Å²) in [6.07, 6.45) is 4.91. The molecule has 2 rings (SSSR count). The van der Waals surface area contributed by atoms with Gasteiger partial charge in [0.2, 0.25) is 0 Å². The Kier molecular flexibility index (Phi) is 5.20. The first kappa shape index (κ1) is 14.9. The Balaban J connectivity index is 1.91. The zero-order valence-electron chi connectivity index (χ0n) is 12.4. The van der Waals surface area contributed by atoms with Gasteiger partial charge in [-0.25, -0.2) is 9.78 Å². The summed E-state index contributed by atoms with van der Waals surface area (Å²) >= 11 is 0. The van der Waals surface area contributed by atoms with Crippen molar-refractivity contribution in [3.8, 4) is 0 Å². The molecule has 0 bridgehead atoms. The van der Waals surface area contributed by atoms with Crippen molar-refractivity contribution >= 4 is 17.4 Å². The molecule has 0 aliphatic rings. The Morgan fingerprint density at radius 1 is 1.24 bits per heavy atom. The van der Waals surface area contributed by atoms with Crippen LogP contribution in [0.3, 0.4) is 0 Å². The molecule has 0 aliphatic carbocycles. The third-order valence-corrected chi connectivity index (χ3v) is 3.09. The number of hydrogen-bond donors (Lipinski definition) is 3. The fourth-order valence-electron chi connectivity index (χ4n) is 2.00. The summed E-state index contributed by atoms with van der Waals surface area (Å²) in [6, 6.07) is 7.35. The summed E-state index contributed by atoms with van der Waals surface area (Å²) in [7, 11) is 1.59. The van der Waals surface area contributed by atoms with Crippen LogP contribution >= 0.6 is 0 Å². The number of nitrogens with zero attached hydrogens (tertiary/aromatic N) is 2. The van der Waals surface area contributed by atoms with Crippen molar-refractivity contribution in [3.05, 3.63) is 42.5 Å². The van der Waals surface area contributed by atoms with E-state index in [9.17, 15) is 4.79 Å². The number of anilines is 2. The average molecular weight is 287 g/mol. The molecule has 3 N–H and O–H groups in total. The molecule has 0 atom stereocenters. The molecule has 1 aromatic heterocycles. The van der Waals surface area contributed by atoms with Gasteiger partial charge in [0.25, 0.3) is 0 Å². The SMILES string of the molecule is CCCn1ccnc1CNc1ccc(NC(=O)NC)cc1. The monoisotopic (exact) mass is 287 g/mol. The maximum absolute atomic E-state index is 11.2. The van der Waals surface area contributed by atoms with Gasteiger partial charge in [-0.2, -0.15) is 0 Å². The maximum atomic E-state index is 11.2. The van der Waals surface area contributed by atoms with Gasteiger partial charge in [-0.1, -0.05) is 6.92 Å². The van der Waals surface area contributed by atoms with Crippen LogP contribution in [0.25, 0.3) is 0 Å². The molecule has 6 nitrogen and oxygen atoms in total. The third-order valence-electron chi connectivity index (χ3n) is 3.09. The van der Waals surface area contributed by atoms with Gasteiger partial charge in [0.1, 0.15) is 5.82 Å². The molecule has 0 saturated heterocycles. The first-order valence-corrected chi connectivity index (χ1v) is 7.05. The highest BCUT2D eigenvalue weighted by Gasteiger charge is 2.02. The Bertz CT molecular complexity index is 576. The second kappa shape index (κ2) is 7.33. The van der Waals surface area contributed by atoms with Gasteiger partial charge in [0.05, 0.1) is 6.54 Å². The molecule has 0 spiro atoms. The Hall–Kier alpha value is -2.50. The molecule has 0 radical (unpaired) electrons. The molecule has 6 heteroatoms. The second-order valence-electron chi connectivity index (χ2n) is 4.67. The number of benzene rings is 1. The van der Waals surface area contributed by atoms with Crippen molar-refractivity contribution in [1.29, 1.82) is 0 Å². The van der Waals surface area contributed by atoms with E-state index < -0.39 is 0 Å². The highest BCUT2D eigenvalue weighted by atomic mass is 16.2. The Morgan fingerprint density at radius 3 is 2.62 bits per heavy atom. The van der Waals surface area contributed by atoms with Crippen LogP contribution < -0.4 is 16.0 Å². The fraction of sp³-hybridized carbons (Fsp3) is 0.333. The van der Waals surface area contributed by atoms with Crippen molar-refractivity contribution in [1.82, 2.24) is 14.9 Å². The number of carbonyl (C=O) groups is 1. The lowest BCUT2D eigenvalue weighted by Crippen LogP contribution is -2.24. The minimum Gasteiger partial charge on any atom is -0.378 e. The van der Waals surface area contributed by atoms with E-state index in [1.165, 1.54) is 0 Å². The quantitative estimate of drug-likeness (QED) is 0.765. The van der Waals surface area contributed by atoms with Crippen LogP contribution in [0.1, 0.15) is 19.2 Å². The zero-order chi connectivity index (χ0) is 15.1. The molecule has 1 aromatic carbocycles. The van der Waals surface area contributed by atoms with Crippen molar-refractivity contribution in [2.24, 2.45) is 0 Å². The number of urea groups is 1. The topological polar surface area (TPSA) is 71.0 Å². The summed E-state index contributed by atoms with van der Waals surface area (Å²) in [4.78, 5) is 15.6. The van der Waals surface area contributed by atoms with Gasteiger partial charge in [0.15, 0.2) is 0 Å². The Labute approximate surface area is 124 Å². The minimum absolute atomic E-state index is 0.225. The molecule has 2 amide bonds. The van der Waals surface area contributed by atoms with Gasteiger partial charge in [-0.15, -0.1) is 0 Å². The standard InChI is InChI=1S/C15H21N5O/c1-3-9-20-10-8-17-14(20)11-18-12-4-6-13(7-5-12)19-15(21)16-2/h4-8,10,18H,3,9,11H2,1-2H3,(H2,16,19,21). The summed E-state index contributed by atoms with van der Waals surface area (Å²) in [5.74, 6) is 1.02. The van der Waals surface area contributed by atoms with Crippen molar-refractivity contribution in [2.75, 3.05) is 17.7 Å². The summed E-state index contributed by atoms with van der Waals surface area (Å²) < 4.78 is 2.15. The van der Waals surface area contributed by atoms with E-state index in [4.69, 9.17) is 0 Å². The average Bonchev–Trinajstić information content (AvgIpc) is 2.94. The van der Waals surface area contributed by atoms with Crippen LogP contribution in [-0.2, 0) is 13.1 Å². The molecule has 0 aliphatic heterocycles. The van der Waals surface area contributed by atoms with Crippen LogP contribution in [0.2, 0.25) is 0 Å². The molecular weight excluding hydrogens is 266 g/mol. The van der Waals surface area contributed by atoms with Crippen LogP contribution in [0, 0.1) is 0 Å². The number of rotatable bonds is 6.